The second-order valence-electron chi connectivity index (χ2n) is 7.76. The van der Waals surface area contributed by atoms with Gasteiger partial charge in [-0.1, -0.05) is 23.2 Å². The predicted octanol–water partition coefficient (Wildman–Crippen LogP) is 1.97. The van der Waals surface area contributed by atoms with Gasteiger partial charge in [0.05, 0.1) is 27.9 Å². The van der Waals surface area contributed by atoms with Gasteiger partial charge in [-0.25, -0.2) is 4.79 Å². The lowest BCUT2D eigenvalue weighted by Gasteiger charge is -2.18. The normalized spacial score (nSPS) is 16.1. The van der Waals surface area contributed by atoms with Gasteiger partial charge < -0.3 is 30.8 Å². The Hall–Kier alpha value is -3.34. The second-order valence-corrected chi connectivity index (χ2v) is 8.57. The van der Waals surface area contributed by atoms with Gasteiger partial charge in [0.15, 0.2) is 0 Å². The SMILES string of the molecule is O=C(/C=C/c1ccco1)NCc1cc(Cl)c(C(=O)NC(CNC(=O)C2CCCN2)C(=O)O)c(Cl)c1. The molecule has 12 heteroatoms. The molecule has 1 aromatic heterocycles. The van der Waals surface area contributed by atoms with Crippen molar-refractivity contribution in [2.24, 2.45) is 0 Å². The summed E-state index contributed by atoms with van der Waals surface area (Å²) in [6.07, 6.45) is 5.82. The predicted molar refractivity (Wildman–Crippen MR) is 129 cm³/mol. The standard InChI is InChI=1S/C23H24Cl2N4O6/c24-15-9-13(11-27-19(30)6-5-14-3-2-8-35-14)10-16(25)20(15)22(32)29-18(23(33)34)12-28-21(31)17-4-1-7-26-17/h2-3,5-6,8-10,17-18,26H,1,4,7,11-12H2,(H,27,30)(H,28,31)(H,29,32)(H,33,34)/b6-5+. The molecular weight excluding hydrogens is 499 g/mol. The van der Waals surface area contributed by atoms with Crippen LogP contribution in [0.25, 0.3) is 6.08 Å². The van der Waals surface area contributed by atoms with Gasteiger partial charge in [-0.2, -0.15) is 0 Å². The molecule has 1 saturated heterocycles. The van der Waals surface area contributed by atoms with Crippen molar-refractivity contribution in [2.45, 2.75) is 31.5 Å². The van der Waals surface area contributed by atoms with Crippen molar-refractivity contribution < 1.29 is 28.7 Å². The zero-order valence-corrected chi connectivity index (χ0v) is 20.0. The first kappa shape index (κ1) is 26.3. The highest BCUT2D eigenvalue weighted by molar-refractivity contribution is 6.39. The quantitative estimate of drug-likeness (QED) is 0.299. The van der Waals surface area contributed by atoms with Crippen molar-refractivity contribution in [3.63, 3.8) is 0 Å². The number of rotatable bonds is 10. The van der Waals surface area contributed by atoms with Crippen molar-refractivity contribution >= 4 is 53.0 Å². The Balaban J connectivity index is 1.58. The van der Waals surface area contributed by atoms with Crippen molar-refractivity contribution in [3.8, 4) is 0 Å². The summed E-state index contributed by atoms with van der Waals surface area (Å²) in [5.74, 6) is -2.32. The van der Waals surface area contributed by atoms with Crippen LogP contribution in [0.3, 0.4) is 0 Å². The molecule has 35 heavy (non-hydrogen) atoms. The molecule has 2 atom stereocenters. The Morgan fingerprint density at radius 2 is 1.94 bits per heavy atom. The minimum absolute atomic E-state index is 0.0197. The molecule has 0 spiro atoms. The summed E-state index contributed by atoms with van der Waals surface area (Å²) < 4.78 is 5.11. The molecule has 3 rings (SSSR count). The molecule has 1 aromatic carbocycles. The smallest absolute Gasteiger partial charge is 0.328 e. The molecule has 5 N–H and O–H groups in total. The van der Waals surface area contributed by atoms with Gasteiger partial charge in [-0.15, -0.1) is 0 Å². The third-order valence-corrected chi connectivity index (χ3v) is 5.79. The number of carboxylic acids is 1. The topological polar surface area (TPSA) is 150 Å². The number of carbonyl (C=O) groups excluding carboxylic acids is 3. The highest BCUT2D eigenvalue weighted by Crippen LogP contribution is 2.27. The van der Waals surface area contributed by atoms with Crippen LogP contribution in [-0.2, 0) is 20.9 Å². The van der Waals surface area contributed by atoms with Crippen LogP contribution in [0.1, 0.15) is 34.5 Å². The van der Waals surface area contributed by atoms with Crippen LogP contribution >= 0.6 is 23.2 Å². The van der Waals surface area contributed by atoms with Crippen molar-refractivity contribution in [3.05, 3.63) is 63.5 Å². The van der Waals surface area contributed by atoms with Crippen molar-refractivity contribution in [2.75, 3.05) is 13.1 Å². The Bertz CT molecular complexity index is 1090. The summed E-state index contributed by atoms with van der Waals surface area (Å²) in [5, 5.41) is 19.9. The zero-order valence-electron chi connectivity index (χ0n) is 18.5. The molecule has 0 radical (unpaired) electrons. The molecule has 2 aromatic rings. The third-order valence-electron chi connectivity index (χ3n) is 5.20. The fourth-order valence-electron chi connectivity index (χ4n) is 3.40. The largest absolute Gasteiger partial charge is 0.480 e. The molecule has 0 aliphatic carbocycles. The Labute approximate surface area is 211 Å². The van der Waals surface area contributed by atoms with E-state index in [1.165, 1.54) is 30.5 Å². The molecule has 3 amide bonds. The number of furan rings is 1. The average molecular weight is 523 g/mol. The van der Waals surface area contributed by atoms with E-state index >= 15 is 0 Å². The maximum atomic E-state index is 12.7. The minimum Gasteiger partial charge on any atom is -0.480 e. The lowest BCUT2D eigenvalue weighted by atomic mass is 10.1. The lowest BCUT2D eigenvalue weighted by Crippen LogP contribution is -2.51. The van der Waals surface area contributed by atoms with E-state index < -0.39 is 17.9 Å². The monoisotopic (exact) mass is 522 g/mol. The fourth-order valence-corrected chi connectivity index (χ4v) is 4.11. The average Bonchev–Trinajstić information content (AvgIpc) is 3.52. The molecule has 1 aliphatic heterocycles. The van der Waals surface area contributed by atoms with E-state index in [4.69, 9.17) is 27.6 Å². The third kappa shape index (κ3) is 7.57. The molecular formula is C23H24Cl2N4O6. The molecule has 0 bridgehead atoms. The number of carboxylic acid groups (broad SMARTS) is 1. The Morgan fingerprint density at radius 3 is 2.54 bits per heavy atom. The Morgan fingerprint density at radius 1 is 1.20 bits per heavy atom. The van der Waals surface area contributed by atoms with Crippen LogP contribution in [-0.4, -0.2) is 54.0 Å². The zero-order chi connectivity index (χ0) is 25.4. The molecule has 1 fully saturated rings. The van der Waals surface area contributed by atoms with Gasteiger partial charge >= 0.3 is 5.97 Å². The summed E-state index contributed by atoms with van der Waals surface area (Å²) in [4.78, 5) is 48.4. The first-order valence-electron chi connectivity index (χ1n) is 10.8. The van der Waals surface area contributed by atoms with E-state index in [0.717, 1.165) is 13.0 Å². The van der Waals surface area contributed by atoms with Gasteiger partial charge in [0.1, 0.15) is 11.8 Å². The number of carbonyl (C=O) groups is 4. The maximum absolute atomic E-state index is 12.7. The van der Waals surface area contributed by atoms with Gasteiger partial charge in [-0.3, -0.25) is 14.4 Å². The number of halogens is 2. The molecule has 186 valence electrons. The van der Waals surface area contributed by atoms with E-state index in [9.17, 15) is 24.3 Å². The van der Waals surface area contributed by atoms with Crippen LogP contribution < -0.4 is 21.3 Å². The molecule has 10 nitrogen and oxygen atoms in total. The van der Waals surface area contributed by atoms with Crippen LogP contribution in [0.4, 0.5) is 0 Å². The minimum atomic E-state index is -1.39. The number of amides is 3. The molecule has 0 saturated carbocycles. The summed E-state index contributed by atoms with van der Waals surface area (Å²) >= 11 is 12.5. The lowest BCUT2D eigenvalue weighted by molar-refractivity contribution is -0.139. The van der Waals surface area contributed by atoms with Crippen molar-refractivity contribution in [1.29, 1.82) is 0 Å². The number of aliphatic carboxylic acids is 1. The number of nitrogens with one attached hydrogen (secondary N) is 4. The van der Waals surface area contributed by atoms with E-state index in [2.05, 4.69) is 21.3 Å². The van der Waals surface area contributed by atoms with E-state index in [1.807, 2.05) is 0 Å². The molecule has 2 heterocycles. The maximum Gasteiger partial charge on any atom is 0.328 e. The summed E-state index contributed by atoms with van der Waals surface area (Å²) in [6, 6.07) is 4.52. The Kier molecular flexibility index (Phi) is 9.30. The highest BCUT2D eigenvalue weighted by Gasteiger charge is 2.27. The van der Waals surface area contributed by atoms with Crippen LogP contribution in [0.5, 0.6) is 0 Å². The van der Waals surface area contributed by atoms with Gasteiger partial charge in [-0.05, 0) is 55.3 Å². The van der Waals surface area contributed by atoms with Gasteiger partial charge in [0.2, 0.25) is 11.8 Å². The van der Waals surface area contributed by atoms with Crippen LogP contribution in [0.15, 0.2) is 41.0 Å². The molecule has 2 unspecified atom stereocenters. The first-order chi connectivity index (χ1) is 16.7. The van der Waals surface area contributed by atoms with E-state index in [1.54, 1.807) is 12.1 Å². The van der Waals surface area contributed by atoms with E-state index in [-0.39, 0.29) is 46.6 Å². The van der Waals surface area contributed by atoms with Crippen molar-refractivity contribution in [1.82, 2.24) is 21.3 Å². The number of hydrogen-bond donors (Lipinski definition) is 5. The summed E-state index contributed by atoms with van der Waals surface area (Å²) in [6.45, 7) is 0.500. The second kappa shape index (κ2) is 12.4. The summed E-state index contributed by atoms with van der Waals surface area (Å²) in [5.41, 5.74) is 0.415. The van der Waals surface area contributed by atoms with E-state index in [0.29, 0.717) is 17.7 Å². The fraction of sp³-hybridized carbons (Fsp3) is 0.304. The van der Waals surface area contributed by atoms with Crippen LogP contribution in [0.2, 0.25) is 10.0 Å². The highest BCUT2D eigenvalue weighted by atomic mass is 35.5. The van der Waals surface area contributed by atoms with Gasteiger partial charge in [0, 0.05) is 19.2 Å². The summed E-state index contributed by atoms with van der Waals surface area (Å²) in [7, 11) is 0. The first-order valence-corrected chi connectivity index (χ1v) is 11.5. The number of hydrogen-bond acceptors (Lipinski definition) is 6. The van der Waals surface area contributed by atoms with Gasteiger partial charge in [0.25, 0.3) is 5.91 Å². The molecule has 1 aliphatic rings. The number of benzene rings is 1. The van der Waals surface area contributed by atoms with Crippen LogP contribution in [0, 0.1) is 0 Å².